The molecule has 4 nitrogen and oxygen atoms in total. The number of carbonyl (C=O) groups excluding carboxylic acids is 1. The Balaban J connectivity index is 1.61. The van der Waals surface area contributed by atoms with Crippen molar-refractivity contribution in [2.75, 3.05) is 13.1 Å². The quantitative estimate of drug-likeness (QED) is 0.911. The van der Waals surface area contributed by atoms with Crippen LogP contribution in [0.4, 0.5) is 0 Å². The molecule has 2 unspecified atom stereocenters. The number of nitrogens with two attached hydrogens (primary N) is 1. The minimum atomic E-state index is -0.398. The molecule has 0 bridgehead atoms. The molecule has 3 rings (SSSR count). The van der Waals surface area contributed by atoms with E-state index in [4.69, 9.17) is 22.1 Å². The third-order valence-electron chi connectivity index (χ3n) is 4.57. The van der Waals surface area contributed by atoms with Crippen LogP contribution in [-0.2, 0) is 11.2 Å². The first-order valence-corrected chi connectivity index (χ1v) is 7.92. The number of fused-ring (bicyclic) bond motifs is 1. The second kappa shape index (κ2) is 5.85. The topological polar surface area (TPSA) is 55.6 Å². The molecule has 1 saturated heterocycles. The van der Waals surface area contributed by atoms with Gasteiger partial charge in [0.2, 0.25) is 0 Å². The number of rotatable bonds is 2. The zero-order chi connectivity index (χ0) is 15.0. The molecule has 114 valence electrons. The predicted molar refractivity (Wildman–Crippen MR) is 82.5 cm³/mol. The Morgan fingerprint density at radius 1 is 1.43 bits per heavy atom. The minimum Gasteiger partial charge on any atom is -0.480 e. The Hall–Kier alpha value is -1.26. The molecular weight excluding hydrogens is 288 g/mol. The second-order valence-electron chi connectivity index (χ2n) is 6.08. The lowest BCUT2D eigenvalue weighted by molar-refractivity contribution is -0.139. The van der Waals surface area contributed by atoms with Crippen molar-refractivity contribution in [3.05, 3.63) is 28.8 Å². The first-order chi connectivity index (χ1) is 10.0. The summed E-state index contributed by atoms with van der Waals surface area (Å²) in [4.78, 5) is 14.5. The van der Waals surface area contributed by atoms with Crippen LogP contribution < -0.4 is 10.5 Å². The fourth-order valence-corrected chi connectivity index (χ4v) is 3.40. The molecule has 2 aliphatic heterocycles. The van der Waals surface area contributed by atoms with Crippen LogP contribution in [0.1, 0.15) is 25.3 Å². The standard InChI is InChI=1S/C16H21ClN2O2/c1-10(18)11-4-6-19(7-5-11)16(20)15-9-12-8-13(17)2-3-14(12)21-15/h2-3,8,10-11,15H,4-7,9,18H2,1H3. The van der Waals surface area contributed by atoms with Crippen molar-refractivity contribution in [1.29, 1.82) is 0 Å². The monoisotopic (exact) mass is 308 g/mol. The predicted octanol–water partition coefficient (Wildman–Crippen LogP) is 2.23. The maximum absolute atomic E-state index is 12.6. The van der Waals surface area contributed by atoms with E-state index < -0.39 is 6.10 Å². The molecular formula is C16H21ClN2O2. The molecule has 5 heteroatoms. The summed E-state index contributed by atoms with van der Waals surface area (Å²) in [5, 5.41) is 0.684. The van der Waals surface area contributed by atoms with Crippen LogP contribution >= 0.6 is 11.6 Å². The number of likely N-dealkylation sites (tertiary alicyclic amines) is 1. The number of carbonyl (C=O) groups is 1. The molecule has 1 amide bonds. The van der Waals surface area contributed by atoms with Crippen molar-refractivity contribution in [3.63, 3.8) is 0 Å². The maximum Gasteiger partial charge on any atom is 0.263 e. The number of benzene rings is 1. The highest BCUT2D eigenvalue weighted by Gasteiger charge is 2.34. The molecule has 0 aromatic heterocycles. The van der Waals surface area contributed by atoms with Crippen LogP contribution in [0.25, 0.3) is 0 Å². The largest absolute Gasteiger partial charge is 0.480 e. The molecule has 2 aliphatic rings. The van der Waals surface area contributed by atoms with Gasteiger partial charge >= 0.3 is 0 Å². The summed E-state index contributed by atoms with van der Waals surface area (Å²) in [5.41, 5.74) is 6.96. The van der Waals surface area contributed by atoms with E-state index in [1.807, 2.05) is 24.0 Å². The highest BCUT2D eigenvalue weighted by Crippen LogP contribution is 2.32. The number of hydrogen-bond acceptors (Lipinski definition) is 3. The van der Waals surface area contributed by atoms with Crippen LogP contribution in [0.2, 0.25) is 5.02 Å². The Morgan fingerprint density at radius 3 is 2.81 bits per heavy atom. The highest BCUT2D eigenvalue weighted by molar-refractivity contribution is 6.30. The summed E-state index contributed by atoms with van der Waals surface area (Å²) in [6.07, 6.45) is 2.18. The van der Waals surface area contributed by atoms with Gasteiger partial charge in [0.1, 0.15) is 5.75 Å². The van der Waals surface area contributed by atoms with Crippen LogP contribution in [0.5, 0.6) is 5.75 Å². The molecule has 0 aliphatic carbocycles. The van der Waals surface area contributed by atoms with Gasteiger partial charge in [-0.25, -0.2) is 0 Å². The van der Waals surface area contributed by atoms with Crippen molar-refractivity contribution in [1.82, 2.24) is 4.90 Å². The number of hydrogen-bond donors (Lipinski definition) is 1. The van der Waals surface area contributed by atoms with Crippen molar-refractivity contribution in [3.8, 4) is 5.75 Å². The van der Waals surface area contributed by atoms with Gasteiger partial charge in [-0.15, -0.1) is 0 Å². The van der Waals surface area contributed by atoms with Gasteiger partial charge in [-0.3, -0.25) is 4.79 Å². The molecule has 1 aromatic carbocycles. The fraction of sp³-hybridized carbons (Fsp3) is 0.562. The number of ether oxygens (including phenoxy) is 1. The van der Waals surface area contributed by atoms with Gasteiger partial charge in [0.25, 0.3) is 5.91 Å². The van der Waals surface area contributed by atoms with Gasteiger partial charge in [0.05, 0.1) is 0 Å². The minimum absolute atomic E-state index is 0.0884. The average molecular weight is 309 g/mol. The lowest BCUT2D eigenvalue weighted by Gasteiger charge is -2.34. The Kier molecular flexibility index (Phi) is 4.09. The molecule has 0 radical (unpaired) electrons. The van der Waals surface area contributed by atoms with E-state index in [9.17, 15) is 4.79 Å². The molecule has 0 saturated carbocycles. The lowest BCUT2D eigenvalue weighted by Crippen LogP contribution is -2.47. The van der Waals surface area contributed by atoms with E-state index in [1.165, 1.54) is 0 Å². The van der Waals surface area contributed by atoms with Gasteiger partial charge in [-0.05, 0) is 49.4 Å². The van der Waals surface area contributed by atoms with Crippen molar-refractivity contribution in [2.24, 2.45) is 11.7 Å². The molecule has 0 spiro atoms. The zero-order valence-electron chi connectivity index (χ0n) is 12.2. The molecule has 1 aromatic rings. The second-order valence-corrected chi connectivity index (χ2v) is 6.52. The first-order valence-electron chi connectivity index (χ1n) is 7.54. The van der Waals surface area contributed by atoms with Gasteiger partial charge < -0.3 is 15.4 Å². The van der Waals surface area contributed by atoms with Gasteiger partial charge in [0, 0.05) is 30.6 Å². The average Bonchev–Trinajstić information content (AvgIpc) is 2.89. The summed E-state index contributed by atoms with van der Waals surface area (Å²) in [5.74, 6) is 1.39. The molecule has 1 fully saturated rings. The number of piperidine rings is 1. The van der Waals surface area contributed by atoms with E-state index in [2.05, 4.69) is 0 Å². The van der Waals surface area contributed by atoms with Gasteiger partial charge in [0.15, 0.2) is 6.10 Å². The molecule has 2 atom stereocenters. The van der Waals surface area contributed by atoms with Crippen LogP contribution in [0, 0.1) is 5.92 Å². The third-order valence-corrected chi connectivity index (χ3v) is 4.80. The molecule has 21 heavy (non-hydrogen) atoms. The maximum atomic E-state index is 12.6. The molecule has 2 N–H and O–H groups in total. The zero-order valence-corrected chi connectivity index (χ0v) is 13.0. The lowest BCUT2D eigenvalue weighted by atomic mass is 9.90. The van der Waals surface area contributed by atoms with Gasteiger partial charge in [-0.2, -0.15) is 0 Å². The Labute approximate surface area is 130 Å². The number of halogens is 1. The number of nitrogens with zero attached hydrogens (tertiary/aromatic N) is 1. The Bertz CT molecular complexity index is 539. The summed E-state index contributed by atoms with van der Waals surface area (Å²) >= 11 is 5.98. The van der Waals surface area contributed by atoms with E-state index >= 15 is 0 Å². The summed E-state index contributed by atoms with van der Waals surface area (Å²) in [6.45, 7) is 3.60. The number of amides is 1. The van der Waals surface area contributed by atoms with E-state index in [0.717, 1.165) is 37.2 Å². The highest BCUT2D eigenvalue weighted by atomic mass is 35.5. The van der Waals surface area contributed by atoms with E-state index in [0.29, 0.717) is 17.4 Å². The van der Waals surface area contributed by atoms with Crippen molar-refractivity contribution >= 4 is 17.5 Å². The van der Waals surface area contributed by atoms with Crippen LogP contribution in [0.3, 0.4) is 0 Å². The SMILES string of the molecule is CC(N)C1CCN(C(=O)C2Cc3cc(Cl)ccc3O2)CC1. The summed E-state index contributed by atoms with van der Waals surface area (Å²) < 4.78 is 5.78. The van der Waals surface area contributed by atoms with E-state index in [1.54, 1.807) is 6.07 Å². The smallest absolute Gasteiger partial charge is 0.263 e. The van der Waals surface area contributed by atoms with Crippen LogP contribution in [-0.4, -0.2) is 36.0 Å². The first kappa shape index (κ1) is 14.7. The Morgan fingerprint density at radius 2 is 2.14 bits per heavy atom. The molecule has 2 heterocycles. The van der Waals surface area contributed by atoms with Crippen molar-refractivity contribution < 1.29 is 9.53 Å². The third kappa shape index (κ3) is 3.01. The summed E-state index contributed by atoms with van der Waals surface area (Å²) in [6, 6.07) is 5.72. The summed E-state index contributed by atoms with van der Waals surface area (Å²) in [7, 11) is 0. The van der Waals surface area contributed by atoms with Gasteiger partial charge in [-0.1, -0.05) is 11.6 Å². The van der Waals surface area contributed by atoms with E-state index in [-0.39, 0.29) is 11.9 Å². The normalized spacial score (nSPS) is 23.6. The van der Waals surface area contributed by atoms with Crippen LogP contribution in [0.15, 0.2) is 18.2 Å². The fourth-order valence-electron chi connectivity index (χ4n) is 3.20. The van der Waals surface area contributed by atoms with Crippen molar-refractivity contribution in [2.45, 2.75) is 38.3 Å².